The fourth-order valence-electron chi connectivity index (χ4n) is 3.25. The van der Waals surface area contributed by atoms with Crippen LogP contribution >= 0.6 is 0 Å². The molecule has 0 fully saturated rings. The zero-order valence-corrected chi connectivity index (χ0v) is 15.3. The van der Waals surface area contributed by atoms with Gasteiger partial charge in [-0.2, -0.15) is 0 Å². The quantitative estimate of drug-likeness (QED) is 0.456. The van der Waals surface area contributed by atoms with Crippen molar-refractivity contribution in [3.63, 3.8) is 0 Å². The summed E-state index contributed by atoms with van der Waals surface area (Å²) in [6.07, 6.45) is 3.28. The number of carbonyl (C=O) groups excluding carboxylic acids is 1. The molecule has 1 amide bonds. The largest absolute Gasteiger partial charge is 0.287 e. The second-order valence-corrected chi connectivity index (χ2v) is 6.55. The number of hydrazine groups is 1. The Balaban J connectivity index is 1.90. The molecular weight excluding hydrogens is 332 g/mol. The van der Waals surface area contributed by atoms with Crippen LogP contribution in [0, 0.1) is 0 Å². The molecule has 0 aromatic heterocycles. The minimum atomic E-state index is -0.491. The number of amides is 1. The Labute approximate surface area is 160 Å². The normalized spacial score (nSPS) is 12.7. The summed E-state index contributed by atoms with van der Waals surface area (Å²) < 4.78 is 0. The second-order valence-electron chi connectivity index (χ2n) is 6.55. The lowest BCUT2D eigenvalue weighted by Crippen LogP contribution is -2.53. The number of carbonyl (C=O) groups is 1. The first-order valence-electron chi connectivity index (χ1n) is 9.06. The van der Waals surface area contributed by atoms with E-state index in [1.807, 2.05) is 60.7 Å². The third kappa shape index (κ3) is 4.72. The lowest BCUT2D eigenvalue weighted by molar-refractivity contribution is 0.0901. The van der Waals surface area contributed by atoms with Crippen molar-refractivity contribution in [2.45, 2.75) is 18.4 Å². The molecule has 3 aromatic carbocycles. The van der Waals surface area contributed by atoms with E-state index in [9.17, 15) is 4.79 Å². The van der Waals surface area contributed by atoms with Crippen molar-refractivity contribution in [2.75, 3.05) is 0 Å². The topological polar surface area (TPSA) is 41.1 Å². The lowest BCUT2D eigenvalue weighted by Gasteiger charge is -2.35. The van der Waals surface area contributed by atoms with Gasteiger partial charge in [0.2, 0.25) is 0 Å². The second kappa shape index (κ2) is 8.97. The molecule has 0 radical (unpaired) electrons. The van der Waals surface area contributed by atoms with Crippen LogP contribution in [0.2, 0.25) is 0 Å². The minimum Gasteiger partial charge on any atom is -0.287 e. The molecule has 0 aliphatic rings. The molecule has 136 valence electrons. The average Bonchev–Trinajstić information content (AvgIpc) is 2.74. The molecule has 1 atom stereocenters. The van der Waals surface area contributed by atoms with Gasteiger partial charge in [-0.1, -0.05) is 84.9 Å². The summed E-state index contributed by atoms with van der Waals surface area (Å²) in [5, 5.41) is 0. The van der Waals surface area contributed by atoms with Gasteiger partial charge >= 0.3 is 0 Å². The highest BCUT2D eigenvalue weighted by Crippen LogP contribution is 2.29. The Morgan fingerprint density at radius 1 is 0.852 bits per heavy atom. The Bertz CT molecular complexity index is 863. The molecule has 0 saturated carbocycles. The highest BCUT2D eigenvalue weighted by molar-refractivity contribution is 5.93. The number of nitrogens with one attached hydrogen (secondary N) is 2. The molecule has 3 rings (SSSR count). The molecule has 0 saturated heterocycles. The Kier molecular flexibility index (Phi) is 6.18. The summed E-state index contributed by atoms with van der Waals surface area (Å²) >= 11 is 0. The monoisotopic (exact) mass is 356 g/mol. The van der Waals surface area contributed by atoms with Crippen LogP contribution in [0.3, 0.4) is 0 Å². The van der Waals surface area contributed by atoms with Gasteiger partial charge in [-0.15, -0.1) is 6.58 Å². The zero-order chi connectivity index (χ0) is 19.0. The standard InChI is InChI=1S/C24H24N2O/c1-2-18-24(22-16-10-5-11-17-22,19-20-12-6-3-7-13-20)26-25-23(27)21-14-8-4-9-15-21/h2-17,26H,1,18-19H2,(H,25,27)/t24-/m0/s1. The number of hydrogen-bond acceptors (Lipinski definition) is 2. The fourth-order valence-corrected chi connectivity index (χ4v) is 3.25. The van der Waals surface area contributed by atoms with E-state index in [2.05, 4.69) is 41.7 Å². The Hall–Kier alpha value is -3.17. The van der Waals surface area contributed by atoms with Gasteiger partial charge in [0.25, 0.3) is 5.91 Å². The van der Waals surface area contributed by atoms with Crippen LogP contribution in [0.1, 0.15) is 27.9 Å². The van der Waals surface area contributed by atoms with Crippen LogP contribution in [0.25, 0.3) is 0 Å². The highest BCUT2D eigenvalue weighted by atomic mass is 16.2. The molecule has 0 aliphatic carbocycles. The maximum atomic E-state index is 12.6. The molecule has 0 unspecified atom stereocenters. The van der Waals surface area contributed by atoms with Crippen LogP contribution in [0.5, 0.6) is 0 Å². The number of benzene rings is 3. The molecule has 3 nitrogen and oxygen atoms in total. The maximum absolute atomic E-state index is 12.6. The summed E-state index contributed by atoms with van der Waals surface area (Å²) in [4.78, 5) is 12.6. The summed E-state index contributed by atoms with van der Waals surface area (Å²) in [7, 11) is 0. The Morgan fingerprint density at radius 2 is 1.41 bits per heavy atom. The number of rotatable bonds is 8. The zero-order valence-electron chi connectivity index (χ0n) is 15.3. The van der Waals surface area contributed by atoms with Crippen molar-refractivity contribution in [2.24, 2.45) is 0 Å². The van der Waals surface area contributed by atoms with Crippen LogP contribution in [-0.4, -0.2) is 5.91 Å². The summed E-state index contributed by atoms with van der Waals surface area (Å²) in [5.41, 5.74) is 8.64. The highest BCUT2D eigenvalue weighted by Gasteiger charge is 2.31. The van der Waals surface area contributed by atoms with E-state index < -0.39 is 5.54 Å². The Morgan fingerprint density at radius 3 is 2.00 bits per heavy atom. The van der Waals surface area contributed by atoms with Gasteiger partial charge in [-0.05, 0) is 36.1 Å². The van der Waals surface area contributed by atoms with E-state index in [0.29, 0.717) is 12.0 Å². The van der Waals surface area contributed by atoms with E-state index in [1.165, 1.54) is 5.56 Å². The van der Waals surface area contributed by atoms with Crippen molar-refractivity contribution in [1.82, 2.24) is 10.9 Å². The first-order chi connectivity index (χ1) is 13.2. The van der Waals surface area contributed by atoms with Gasteiger partial charge in [0, 0.05) is 5.56 Å². The van der Waals surface area contributed by atoms with Gasteiger partial charge < -0.3 is 0 Å². The predicted molar refractivity (Wildman–Crippen MR) is 110 cm³/mol. The van der Waals surface area contributed by atoms with E-state index in [0.717, 1.165) is 12.0 Å². The smallest absolute Gasteiger partial charge is 0.265 e. The fraction of sp³-hybridized carbons (Fsp3) is 0.125. The van der Waals surface area contributed by atoms with Crippen LogP contribution < -0.4 is 10.9 Å². The van der Waals surface area contributed by atoms with E-state index in [1.54, 1.807) is 12.1 Å². The average molecular weight is 356 g/mol. The van der Waals surface area contributed by atoms with Crippen molar-refractivity contribution < 1.29 is 4.79 Å². The summed E-state index contributed by atoms with van der Waals surface area (Å²) in [6.45, 7) is 3.95. The molecule has 3 aromatic rings. The molecule has 3 heteroatoms. The number of hydrogen-bond donors (Lipinski definition) is 2. The van der Waals surface area contributed by atoms with Gasteiger partial charge in [0.05, 0.1) is 5.54 Å². The molecule has 27 heavy (non-hydrogen) atoms. The first-order valence-corrected chi connectivity index (χ1v) is 9.06. The molecule has 0 spiro atoms. The molecule has 0 bridgehead atoms. The van der Waals surface area contributed by atoms with E-state index >= 15 is 0 Å². The molecule has 0 heterocycles. The predicted octanol–water partition coefficient (Wildman–Crippen LogP) is 4.64. The van der Waals surface area contributed by atoms with Gasteiger partial charge in [0.15, 0.2) is 0 Å². The van der Waals surface area contributed by atoms with Crippen molar-refractivity contribution in [1.29, 1.82) is 0 Å². The van der Waals surface area contributed by atoms with E-state index in [4.69, 9.17) is 0 Å². The van der Waals surface area contributed by atoms with Crippen LogP contribution in [0.4, 0.5) is 0 Å². The van der Waals surface area contributed by atoms with Gasteiger partial charge in [-0.25, -0.2) is 5.43 Å². The summed E-state index contributed by atoms with van der Waals surface area (Å²) in [6, 6.07) is 29.6. The van der Waals surface area contributed by atoms with Crippen LogP contribution in [0.15, 0.2) is 104 Å². The summed E-state index contributed by atoms with van der Waals surface area (Å²) in [5.74, 6) is -0.159. The van der Waals surface area contributed by atoms with Gasteiger partial charge in [0.1, 0.15) is 0 Å². The third-order valence-corrected chi connectivity index (χ3v) is 4.62. The minimum absolute atomic E-state index is 0.159. The first kappa shape index (κ1) is 18.6. The third-order valence-electron chi connectivity index (χ3n) is 4.62. The van der Waals surface area contributed by atoms with E-state index in [-0.39, 0.29) is 5.91 Å². The molecule has 2 N–H and O–H groups in total. The SMILES string of the molecule is C=CC[C@@](Cc1ccccc1)(NNC(=O)c1ccccc1)c1ccccc1. The maximum Gasteiger partial charge on any atom is 0.265 e. The lowest BCUT2D eigenvalue weighted by atomic mass is 9.81. The van der Waals surface area contributed by atoms with Gasteiger partial charge in [-0.3, -0.25) is 10.2 Å². The van der Waals surface area contributed by atoms with Crippen molar-refractivity contribution in [3.8, 4) is 0 Å². The molecule has 0 aliphatic heterocycles. The van der Waals surface area contributed by atoms with Crippen LogP contribution in [-0.2, 0) is 12.0 Å². The van der Waals surface area contributed by atoms with Crippen molar-refractivity contribution >= 4 is 5.91 Å². The molecular formula is C24H24N2O. The van der Waals surface area contributed by atoms with Crippen molar-refractivity contribution in [3.05, 3.63) is 120 Å².